The van der Waals surface area contributed by atoms with E-state index in [2.05, 4.69) is 4.99 Å². The Morgan fingerprint density at radius 2 is 2.05 bits per heavy atom. The molecule has 0 radical (unpaired) electrons. The van der Waals surface area contributed by atoms with Gasteiger partial charge in [-0.05, 0) is 29.3 Å². The van der Waals surface area contributed by atoms with Crippen LogP contribution in [0.15, 0.2) is 65.3 Å². The van der Waals surface area contributed by atoms with Crippen molar-refractivity contribution in [3.63, 3.8) is 0 Å². The molecule has 0 unspecified atom stereocenters. The highest BCUT2D eigenvalue weighted by Crippen LogP contribution is 2.20. The fourth-order valence-electron chi connectivity index (χ4n) is 2.03. The average molecular weight is 294 g/mol. The van der Waals surface area contributed by atoms with Crippen LogP contribution in [0.25, 0.3) is 6.05 Å². The first kappa shape index (κ1) is 12.8. The molecule has 110 valence electrons. The van der Waals surface area contributed by atoms with Gasteiger partial charge in [0, 0.05) is 6.92 Å². The normalized spacial score (nSPS) is 16.7. The minimum absolute atomic E-state index is 0.0164. The summed E-state index contributed by atoms with van der Waals surface area (Å²) in [5.41, 5.74) is 1.63. The number of cyclic esters (lactones) is 1. The lowest BCUT2D eigenvalue weighted by Crippen LogP contribution is -1.99. The summed E-state index contributed by atoms with van der Waals surface area (Å²) in [5, 5.41) is 0. The van der Waals surface area contributed by atoms with Gasteiger partial charge in [0.05, 0.1) is 1.37 Å². The number of rotatable bonds is 4. The Balaban J connectivity index is 1.80. The molecule has 22 heavy (non-hydrogen) atoms. The van der Waals surface area contributed by atoms with E-state index in [0.717, 1.165) is 5.56 Å². The third-order valence-corrected chi connectivity index (χ3v) is 3.05. The van der Waals surface area contributed by atoms with Crippen molar-refractivity contribution >= 4 is 17.9 Å². The van der Waals surface area contributed by atoms with E-state index in [1.165, 1.54) is 0 Å². The summed E-state index contributed by atoms with van der Waals surface area (Å²) in [6.45, 7) is 2.02. The second-order valence-electron chi connectivity index (χ2n) is 4.80. The summed E-state index contributed by atoms with van der Waals surface area (Å²) in [4.78, 5) is 15.6. The van der Waals surface area contributed by atoms with Gasteiger partial charge in [-0.1, -0.05) is 42.5 Å². The molecule has 0 amide bonds. The van der Waals surface area contributed by atoms with Gasteiger partial charge in [0.2, 0.25) is 0 Å². The highest BCUT2D eigenvalue weighted by atomic mass is 16.6. The molecule has 0 saturated heterocycles. The lowest BCUT2D eigenvalue weighted by molar-refractivity contribution is -0.130. The van der Waals surface area contributed by atoms with Crippen molar-refractivity contribution in [2.45, 2.75) is 13.5 Å². The Hall–Kier alpha value is -2.88. The first-order chi connectivity index (χ1) is 11.1. The summed E-state index contributed by atoms with van der Waals surface area (Å²) < 4.78 is 18.7. The van der Waals surface area contributed by atoms with Crippen LogP contribution in [-0.4, -0.2) is 11.9 Å². The maximum atomic E-state index is 11.6. The van der Waals surface area contributed by atoms with E-state index in [4.69, 9.17) is 10.8 Å². The molecule has 1 aliphatic heterocycles. The maximum Gasteiger partial charge on any atom is 0.363 e. The lowest BCUT2D eigenvalue weighted by Gasteiger charge is -2.07. The molecule has 0 N–H and O–H groups in total. The van der Waals surface area contributed by atoms with E-state index in [0.29, 0.717) is 17.9 Å². The van der Waals surface area contributed by atoms with Gasteiger partial charge in [0.1, 0.15) is 12.4 Å². The summed E-state index contributed by atoms with van der Waals surface area (Å²) in [7, 11) is 0. The molecule has 4 heteroatoms. The van der Waals surface area contributed by atoms with Gasteiger partial charge in [-0.2, -0.15) is 0 Å². The second kappa shape index (κ2) is 6.26. The van der Waals surface area contributed by atoms with E-state index in [1.54, 1.807) is 25.1 Å². The van der Waals surface area contributed by atoms with Gasteiger partial charge >= 0.3 is 5.97 Å². The zero-order chi connectivity index (χ0) is 16.2. The van der Waals surface area contributed by atoms with Crippen molar-refractivity contribution in [1.29, 1.82) is 0 Å². The smallest absolute Gasteiger partial charge is 0.363 e. The Labute approximate surface area is 130 Å². The number of benzene rings is 2. The zero-order valence-corrected chi connectivity index (χ0v) is 12.1. The van der Waals surface area contributed by atoms with Crippen molar-refractivity contribution in [2.75, 3.05) is 0 Å². The lowest BCUT2D eigenvalue weighted by atomic mass is 10.2. The van der Waals surface area contributed by atoms with Crippen LogP contribution >= 0.6 is 0 Å². The third kappa shape index (κ3) is 3.41. The van der Waals surface area contributed by atoms with Crippen molar-refractivity contribution in [2.24, 2.45) is 4.99 Å². The SMILES string of the molecule is [2H]/C(=C1/N=C(C)OC1=O)c1cccc(OCc2ccccc2)c1. The minimum atomic E-state index is -0.594. The van der Waals surface area contributed by atoms with Crippen LogP contribution in [0.4, 0.5) is 0 Å². The van der Waals surface area contributed by atoms with Crippen molar-refractivity contribution < 1.29 is 15.6 Å². The first-order valence-corrected chi connectivity index (χ1v) is 6.89. The Bertz CT molecular complexity index is 797. The number of hydrogen-bond donors (Lipinski definition) is 0. The van der Waals surface area contributed by atoms with Crippen LogP contribution in [0.2, 0.25) is 0 Å². The molecule has 2 aromatic rings. The molecule has 0 saturated carbocycles. The molecular formula is C18H15NO3. The molecule has 3 rings (SSSR count). The predicted molar refractivity (Wildman–Crippen MR) is 84.4 cm³/mol. The summed E-state index contributed by atoms with van der Waals surface area (Å²) in [6.07, 6.45) is 0. The van der Waals surface area contributed by atoms with Gasteiger partial charge in [-0.25, -0.2) is 9.79 Å². The van der Waals surface area contributed by atoms with Crippen molar-refractivity contribution in [1.82, 2.24) is 0 Å². The molecular weight excluding hydrogens is 278 g/mol. The number of nitrogens with zero attached hydrogens (tertiary/aromatic N) is 1. The van der Waals surface area contributed by atoms with Crippen LogP contribution in [0.5, 0.6) is 5.75 Å². The molecule has 0 atom stereocenters. The minimum Gasteiger partial charge on any atom is -0.489 e. The molecule has 0 aromatic heterocycles. The highest BCUT2D eigenvalue weighted by molar-refractivity contribution is 6.06. The van der Waals surface area contributed by atoms with Crippen molar-refractivity contribution in [3.05, 3.63) is 71.4 Å². The topological polar surface area (TPSA) is 47.9 Å². The largest absolute Gasteiger partial charge is 0.489 e. The van der Waals surface area contributed by atoms with Crippen LogP contribution in [-0.2, 0) is 16.1 Å². The molecule has 2 aromatic carbocycles. The van der Waals surface area contributed by atoms with Gasteiger partial charge in [-0.15, -0.1) is 0 Å². The number of carbonyl (C=O) groups excluding carboxylic acids is 1. The Morgan fingerprint density at radius 3 is 2.77 bits per heavy atom. The van der Waals surface area contributed by atoms with E-state index >= 15 is 0 Å². The number of hydrogen-bond acceptors (Lipinski definition) is 4. The number of aliphatic imine (C=N–C) groups is 1. The number of carbonyl (C=O) groups is 1. The van der Waals surface area contributed by atoms with Gasteiger partial charge in [0.15, 0.2) is 11.6 Å². The number of ether oxygens (including phenoxy) is 2. The quantitative estimate of drug-likeness (QED) is 0.639. The van der Waals surface area contributed by atoms with Crippen LogP contribution in [0.3, 0.4) is 0 Å². The molecule has 1 heterocycles. The Kier molecular flexibility index (Phi) is 3.65. The molecule has 4 nitrogen and oxygen atoms in total. The summed E-state index contributed by atoms with van der Waals surface area (Å²) >= 11 is 0. The maximum absolute atomic E-state index is 11.6. The molecule has 0 spiro atoms. The van der Waals surface area contributed by atoms with Crippen LogP contribution in [0.1, 0.15) is 19.4 Å². The molecule has 0 aliphatic carbocycles. The average Bonchev–Trinajstić information content (AvgIpc) is 2.92. The molecule has 0 fully saturated rings. The monoisotopic (exact) mass is 294 g/mol. The third-order valence-electron chi connectivity index (χ3n) is 3.05. The number of esters is 1. The summed E-state index contributed by atoms with van der Waals surface area (Å²) in [5.74, 6) is 0.290. The molecule has 0 bridgehead atoms. The Morgan fingerprint density at radius 1 is 1.23 bits per heavy atom. The fourth-order valence-corrected chi connectivity index (χ4v) is 2.03. The zero-order valence-electron chi connectivity index (χ0n) is 13.1. The van der Waals surface area contributed by atoms with Gasteiger partial charge in [-0.3, -0.25) is 0 Å². The summed E-state index contributed by atoms with van der Waals surface area (Å²) in [6, 6.07) is 16.9. The van der Waals surface area contributed by atoms with E-state index in [9.17, 15) is 4.79 Å². The van der Waals surface area contributed by atoms with Crippen LogP contribution in [0, 0.1) is 0 Å². The van der Waals surface area contributed by atoms with E-state index in [-0.39, 0.29) is 17.6 Å². The highest BCUT2D eigenvalue weighted by Gasteiger charge is 2.19. The standard InChI is InChI=1S/C18H15NO3/c1-13-19-17(18(20)22-13)11-15-8-5-9-16(10-15)21-12-14-6-3-2-4-7-14/h2-11H,12H2,1H3/b17-11-/i11D. The van der Waals surface area contributed by atoms with Crippen LogP contribution < -0.4 is 4.74 Å². The predicted octanol–water partition coefficient (Wildman–Crippen LogP) is 3.58. The first-order valence-electron chi connectivity index (χ1n) is 7.39. The molecule has 1 aliphatic rings. The van der Waals surface area contributed by atoms with Crippen molar-refractivity contribution in [3.8, 4) is 5.75 Å². The van der Waals surface area contributed by atoms with Gasteiger partial charge in [0.25, 0.3) is 0 Å². The second-order valence-corrected chi connectivity index (χ2v) is 4.80. The fraction of sp³-hybridized carbons (Fsp3) is 0.111. The van der Waals surface area contributed by atoms with Gasteiger partial charge < -0.3 is 9.47 Å². The van der Waals surface area contributed by atoms with E-state index in [1.807, 2.05) is 36.4 Å². The van der Waals surface area contributed by atoms with E-state index < -0.39 is 5.97 Å².